The first-order valence-electron chi connectivity index (χ1n) is 8.51. The molecule has 0 radical (unpaired) electrons. The highest BCUT2D eigenvalue weighted by Crippen LogP contribution is 2.35. The zero-order valence-corrected chi connectivity index (χ0v) is 14.8. The van der Waals surface area contributed by atoms with Crippen LogP contribution in [0.1, 0.15) is 23.4 Å². The molecular weight excluding hydrogens is 310 g/mol. The Bertz CT molecular complexity index is 569. The zero-order valence-electron chi connectivity index (χ0n) is 14.8. The van der Waals surface area contributed by atoms with Gasteiger partial charge in [-0.1, -0.05) is 5.16 Å². The first-order valence-corrected chi connectivity index (χ1v) is 8.51. The van der Waals surface area contributed by atoms with Crippen molar-refractivity contribution in [3.05, 3.63) is 17.0 Å². The third-order valence-electron chi connectivity index (χ3n) is 5.07. The Morgan fingerprint density at radius 2 is 2.17 bits per heavy atom. The first kappa shape index (κ1) is 17.4. The lowest BCUT2D eigenvalue weighted by Gasteiger charge is -2.31. The summed E-state index contributed by atoms with van der Waals surface area (Å²) in [6.45, 7) is 9.80. The van der Waals surface area contributed by atoms with Crippen molar-refractivity contribution in [3.63, 3.8) is 0 Å². The average Bonchev–Trinajstić information content (AvgIpc) is 2.94. The fraction of sp³-hybridized carbons (Fsp3) is 0.765. The van der Waals surface area contributed by atoms with Crippen molar-refractivity contribution in [2.24, 2.45) is 5.41 Å². The molecule has 0 aliphatic carbocycles. The highest BCUT2D eigenvalue weighted by atomic mass is 16.5. The number of rotatable bonds is 5. The molecule has 1 aromatic rings. The molecule has 3 heterocycles. The molecule has 2 aliphatic rings. The Hall–Kier alpha value is -1.44. The Morgan fingerprint density at radius 3 is 2.88 bits per heavy atom. The molecule has 2 aliphatic heterocycles. The van der Waals surface area contributed by atoms with E-state index in [0.29, 0.717) is 32.8 Å². The highest BCUT2D eigenvalue weighted by Gasteiger charge is 2.45. The first-order chi connectivity index (χ1) is 11.5. The molecule has 2 fully saturated rings. The number of amides is 1. The average molecular weight is 337 g/mol. The molecule has 0 aromatic carbocycles. The topological polar surface area (TPSA) is 68.0 Å². The number of aromatic nitrogens is 1. The number of likely N-dealkylation sites (tertiary alicyclic amines) is 1. The molecule has 134 valence electrons. The molecule has 1 aromatic heterocycles. The van der Waals surface area contributed by atoms with Crippen LogP contribution in [-0.4, -0.2) is 74.0 Å². The van der Waals surface area contributed by atoms with Crippen LogP contribution in [0.2, 0.25) is 0 Å². The molecular formula is C17H27N3O4. The molecule has 3 rings (SSSR count). The molecule has 1 atom stereocenters. The van der Waals surface area contributed by atoms with E-state index < -0.39 is 0 Å². The summed E-state index contributed by atoms with van der Waals surface area (Å²) in [7, 11) is 1.72. The summed E-state index contributed by atoms with van der Waals surface area (Å²) in [4.78, 5) is 16.9. The number of hydrogen-bond acceptors (Lipinski definition) is 6. The van der Waals surface area contributed by atoms with Crippen LogP contribution in [0.4, 0.5) is 0 Å². The molecule has 24 heavy (non-hydrogen) atoms. The van der Waals surface area contributed by atoms with Crippen molar-refractivity contribution in [2.75, 3.05) is 53.1 Å². The Morgan fingerprint density at radius 1 is 1.33 bits per heavy atom. The molecule has 1 spiro atoms. The molecule has 1 amide bonds. The number of hydrogen-bond donors (Lipinski definition) is 0. The van der Waals surface area contributed by atoms with Gasteiger partial charge >= 0.3 is 0 Å². The number of nitrogens with zero attached hydrogens (tertiary/aromatic N) is 3. The van der Waals surface area contributed by atoms with E-state index in [-0.39, 0.29) is 11.3 Å². The van der Waals surface area contributed by atoms with E-state index in [1.165, 1.54) is 0 Å². The van der Waals surface area contributed by atoms with E-state index in [1.807, 2.05) is 18.7 Å². The number of ether oxygens (including phenoxy) is 2. The van der Waals surface area contributed by atoms with E-state index >= 15 is 0 Å². The van der Waals surface area contributed by atoms with Crippen LogP contribution in [-0.2, 0) is 20.8 Å². The van der Waals surface area contributed by atoms with Gasteiger partial charge in [0.05, 0.1) is 32.1 Å². The number of aryl methyl sites for hydroxylation is 2. The van der Waals surface area contributed by atoms with E-state index in [9.17, 15) is 4.79 Å². The Balaban J connectivity index is 1.70. The van der Waals surface area contributed by atoms with Gasteiger partial charge < -0.3 is 18.9 Å². The summed E-state index contributed by atoms with van der Waals surface area (Å²) in [6.07, 6.45) is 0.542. The smallest absolute Gasteiger partial charge is 0.223 e. The lowest BCUT2D eigenvalue weighted by atomic mass is 9.87. The minimum Gasteiger partial charge on any atom is -0.383 e. The summed E-state index contributed by atoms with van der Waals surface area (Å²) in [5.41, 5.74) is 1.76. The quantitative estimate of drug-likeness (QED) is 0.798. The molecule has 7 nitrogen and oxygen atoms in total. The van der Waals surface area contributed by atoms with Gasteiger partial charge in [0.25, 0.3) is 0 Å². The van der Waals surface area contributed by atoms with Crippen molar-refractivity contribution in [3.8, 4) is 0 Å². The SMILES string of the molecule is COCCN1CCOC[C@]2(CC(=O)N(Cc3c(C)noc3C)C2)C1. The van der Waals surface area contributed by atoms with Crippen LogP contribution in [0.3, 0.4) is 0 Å². The van der Waals surface area contributed by atoms with Crippen LogP contribution in [0.25, 0.3) is 0 Å². The molecule has 2 saturated heterocycles. The van der Waals surface area contributed by atoms with Crippen molar-refractivity contribution in [1.29, 1.82) is 0 Å². The number of carbonyl (C=O) groups excluding carboxylic acids is 1. The summed E-state index contributed by atoms with van der Waals surface area (Å²) in [5, 5.41) is 3.99. The predicted molar refractivity (Wildman–Crippen MR) is 87.6 cm³/mol. The monoisotopic (exact) mass is 337 g/mol. The molecule has 0 saturated carbocycles. The van der Waals surface area contributed by atoms with Gasteiger partial charge in [-0.25, -0.2) is 0 Å². The minimum atomic E-state index is -0.125. The summed E-state index contributed by atoms with van der Waals surface area (Å²) < 4.78 is 16.3. The predicted octanol–water partition coefficient (Wildman–Crippen LogP) is 0.989. The minimum absolute atomic E-state index is 0.125. The fourth-order valence-corrected chi connectivity index (χ4v) is 3.74. The van der Waals surface area contributed by atoms with Crippen LogP contribution in [0.5, 0.6) is 0 Å². The van der Waals surface area contributed by atoms with Crippen molar-refractivity contribution in [2.45, 2.75) is 26.8 Å². The normalized spacial score (nSPS) is 25.6. The van der Waals surface area contributed by atoms with Gasteiger partial charge in [0.15, 0.2) is 0 Å². The number of carbonyl (C=O) groups is 1. The van der Waals surface area contributed by atoms with E-state index in [4.69, 9.17) is 14.0 Å². The van der Waals surface area contributed by atoms with Gasteiger partial charge in [0.1, 0.15) is 5.76 Å². The third-order valence-corrected chi connectivity index (χ3v) is 5.07. The second-order valence-corrected chi connectivity index (χ2v) is 7.05. The third kappa shape index (κ3) is 3.63. The zero-order chi connectivity index (χ0) is 17.2. The second kappa shape index (κ2) is 7.21. The summed E-state index contributed by atoms with van der Waals surface area (Å²) >= 11 is 0. The van der Waals surface area contributed by atoms with Gasteiger partial charge in [0, 0.05) is 50.7 Å². The van der Waals surface area contributed by atoms with Crippen LogP contribution in [0.15, 0.2) is 4.52 Å². The standard InChI is InChI=1S/C17H27N3O4/c1-13-15(14(2)24-18-13)9-20-11-17(8-16(20)21)10-19(4-6-22-3)5-7-23-12-17/h4-12H2,1-3H3/t17-/m1/s1. The molecule has 0 unspecified atom stereocenters. The van der Waals surface area contributed by atoms with Crippen molar-refractivity contribution < 1.29 is 18.8 Å². The van der Waals surface area contributed by atoms with Crippen molar-refractivity contribution >= 4 is 5.91 Å². The molecule has 7 heteroatoms. The maximum atomic E-state index is 12.6. The fourth-order valence-electron chi connectivity index (χ4n) is 3.74. The van der Waals surface area contributed by atoms with Crippen molar-refractivity contribution in [1.82, 2.24) is 15.0 Å². The van der Waals surface area contributed by atoms with Gasteiger partial charge in [-0.05, 0) is 13.8 Å². The van der Waals surface area contributed by atoms with Crippen LogP contribution in [0, 0.1) is 19.3 Å². The Kier molecular flexibility index (Phi) is 5.22. The van der Waals surface area contributed by atoms with Crippen LogP contribution < -0.4 is 0 Å². The van der Waals surface area contributed by atoms with Gasteiger partial charge in [0.2, 0.25) is 5.91 Å². The lowest BCUT2D eigenvalue weighted by molar-refractivity contribution is -0.128. The maximum absolute atomic E-state index is 12.6. The van der Waals surface area contributed by atoms with Crippen LogP contribution >= 0.6 is 0 Å². The largest absolute Gasteiger partial charge is 0.383 e. The highest BCUT2D eigenvalue weighted by molar-refractivity contribution is 5.79. The maximum Gasteiger partial charge on any atom is 0.223 e. The molecule has 0 N–H and O–H groups in total. The van der Waals surface area contributed by atoms with Gasteiger partial charge in [-0.3, -0.25) is 9.69 Å². The summed E-state index contributed by atoms with van der Waals surface area (Å²) in [5.74, 6) is 0.979. The van der Waals surface area contributed by atoms with E-state index in [2.05, 4.69) is 10.1 Å². The Labute approximate surface area is 142 Å². The van der Waals surface area contributed by atoms with E-state index in [0.717, 1.165) is 43.2 Å². The number of methoxy groups -OCH3 is 1. The van der Waals surface area contributed by atoms with Gasteiger partial charge in [-0.15, -0.1) is 0 Å². The summed E-state index contributed by atoms with van der Waals surface area (Å²) in [6, 6.07) is 0. The van der Waals surface area contributed by atoms with E-state index in [1.54, 1.807) is 7.11 Å². The molecule has 0 bridgehead atoms. The lowest BCUT2D eigenvalue weighted by Crippen LogP contribution is -2.41. The second-order valence-electron chi connectivity index (χ2n) is 7.05. The van der Waals surface area contributed by atoms with Gasteiger partial charge in [-0.2, -0.15) is 0 Å².